The van der Waals surface area contributed by atoms with E-state index in [4.69, 9.17) is 16.3 Å². The minimum atomic E-state index is 0. The lowest BCUT2D eigenvalue weighted by Crippen LogP contribution is -2.46. The average molecular weight is 550 g/mol. The molecule has 1 saturated heterocycles. The smallest absolute Gasteiger partial charge is 0.193 e. The summed E-state index contributed by atoms with van der Waals surface area (Å²) >= 11 is 8.20. The van der Waals surface area contributed by atoms with Crippen LogP contribution in [0.25, 0.3) is 0 Å². The molecule has 9 heteroatoms. The van der Waals surface area contributed by atoms with E-state index in [0.717, 1.165) is 66.6 Å². The third kappa shape index (κ3) is 6.78. The molecule has 0 bridgehead atoms. The maximum atomic E-state index is 6.53. The van der Waals surface area contributed by atoms with Gasteiger partial charge in [-0.15, -0.1) is 35.3 Å². The van der Waals surface area contributed by atoms with Crippen LogP contribution in [0.4, 0.5) is 0 Å². The number of morpholine rings is 1. The average Bonchev–Trinajstić information content (AvgIpc) is 3.11. The Balaban J connectivity index is 0.00000300. The standard InChI is InChI=1S/C20H28ClN5OS.HI/c1-15-24-16(14-28-15)13-25(3)20(22-2)23-12-19(26-8-10-27-11-9-26)17-6-4-5-7-18(17)21;/h4-7,14,19H,8-13H2,1-3H3,(H,22,23);1H. The molecule has 2 heterocycles. The minimum Gasteiger partial charge on any atom is -0.379 e. The zero-order valence-electron chi connectivity index (χ0n) is 17.1. The van der Waals surface area contributed by atoms with Gasteiger partial charge in [0.2, 0.25) is 0 Å². The molecule has 1 fully saturated rings. The summed E-state index contributed by atoms with van der Waals surface area (Å²) in [6.45, 7) is 6.75. The molecule has 1 atom stereocenters. The lowest BCUT2D eigenvalue weighted by atomic mass is 10.0. The van der Waals surface area contributed by atoms with Gasteiger partial charge in [0.1, 0.15) is 0 Å². The van der Waals surface area contributed by atoms with E-state index >= 15 is 0 Å². The molecule has 0 saturated carbocycles. The van der Waals surface area contributed by atoms with Crippen molar-refractivity contribution >= 4 is 52.9 Å². The van der Waals surface area contributed by atoms with Crippen LogP contribution >= 0.6 is 46.9 Å². The number of hydrogen-bond donors (Lipinski definition) is 1. The van der Waals surface area contributed by atoms with Crippen molar-refractivity contribution in [3.8, 4) is 0 Å². The molecule has 1 aromatic heterocycles. The van der Waals surface area contributed by atoms with E-state index in [1.165, 1.54) is 0 Å². The van der Waals surface area contributed by atoms with E-state index in [1.807, 2.05) is 39.2 Å². The van der Waals surface area contributed by atoms with Crippen molar-refractivity contribution in [1.82, 2.24) is 20.1 Å². The van der Waals surface area contributed by atoms with Crippen LogP contribution in [0, 0.1) is 6.92 Å². The second-order valence-electron chi connectivity index (χ2n) is 6.83. The summed E-state index contributed by atoms with van der Waals surface area (Å²) in [5, 5.41) is 7.50. The Morgan fingerprint density at radius 1 is 1.38 bits per heavy atom. The number of halogens is 2. The molecule has 0 spiro atoms. The van der Waals surface area contributed by atoms with E-state index in [9.17, 15) is 0 Å². The highest BCUT2D eigenvalue weighted by atomic mass is 127. The molecule has 2 aromatic rings. The molecule has 29 heavy (non-hydrogen) atoms. The second-order valence-corrected chi connectivity index (χ2v) is 8.30. The first-order valence-electron chi connectivity index (χ1n) is 9.47. The first kappa shape index (κ1) is 24.3. The third-order valence-electron chi connectivity index (χ3n) is 4.84. The van der Waals surface area contributed by atoms with E-state index in [0.29, 0.717) is 0 Å². The summed E-state index contributed by atoms with van der Waals surface area (Å²) in [7, 11) is 3.84. The van der Waals surface area contributed by atoms with Crippen molar-refractivity contribution in [2.24, 2.45) is 4.99 Å². The number of guanidine groups is 1. The van der Waals surface area contributed by atoms with Crippen molar-refractivity contribution in [2.45, 2.75) is 19.5 Å². The lowest BCUT2D eigenvalue weighted by Gasteiger charge is -2.36. The van der Waals surface area contributed by atoms with Crippen molar-refractivity contribution < 1.29 is 4.74 Å². The number of rotatable bonds is 6. The van der Waals surface area contributed by atoms with Crippen LogP contribution in [-0.4, -0.2) is 67.7 Å². The Morgan fingerprint density at radius 3 is 2.72 bits per heavy atom. The summed E-state index contributed by atoms with van der Waals surface area (Å²) < 4.78 is 5.54. The van der Waals surface area contributed by atoms with Crippen molar-refractivity contribution in [1.29, 1.82) is 0 Å². The van der Waals surface area contributed by atoms with E-state index in [-0.39, 0.29) is 30.0 Å². The number of nitrogens with one attached hydrogen (secondary N) is 1. The Kier molecular flexibility index (Phi) is 10.1. The summed E-state index contributed by atoms with van der Waals surface area (Å²) in [5.74, 6) is 0.843. The highest BCUT2D eigenvalue weighted by Gasteiger charge is 2.25. The maximum Gasteiger partial charge on any atom is 0.193 e. The molecule has 1 unspecified atom stereocenters. The molecule has 0 aliphatic carbocycles. The van der Waals surface area contributed by atoms with Crippen molar-refractivity contribution in [3.05, 3.63) is 50.9 Å². The van der Waals surface area contributed by atoms with Gasteiger partial charge >= 0.3 is 0 Å². The predicted octanol–water partition coefficient (Wildman–Crippen LogP) is 3.80. The number of hydrogen-bond acceptors (Lipinski definition) is 5. The summed E-state index contributed by atoms with van der Waals surface area (Å²) in [5.41, 5.74) is 2.19. The number of nitrogens with zero attached hydrogens (tertiary/aromatic N) is 4. The van der Waals surface area contributed by atoms with Crippen molar-refractivity contribution in [2.75, 3.05) is 46.9 Å². The first-order valence-corrected chi connectivity index (χ1v) is 10.7. The Morgan fingerprint density at radius 2 is 2.10 bits per heavy atom. The second kappa shape index (κ2) is 12.0. The molecule has 1 aliphatic heterocycles. The largest absolute Gasteiger partial charge is 0.379 e. The number of ether oxygens (including phenoxy) is 1. The molecule has 6 nitrogen and oxygen atoms in total. The van der Waals surface area contributed by atoms with Gasteiger partial charge < -0.3 is 15.0 Å². The molecule has 3 rings (SSSR count). The number of aliphatic imine (C=N–C) groups is 1. The highest BCUT2D eigenvalue weighted by molar-refractivity contribution is 14.0. The number of benzene rings is 1. The van der Waals surface area contributed by atoms with Crippen LogP contribution < -0.4 is 5.32 Å². The molecular formula is C20H29ClIN5OS. The predicted molar refractivity (Wildman–Crippen MR) is 132 cm³/mol. The van der Waals surface area contributed by atoms with Gasteiger partial charge in [-0.05, 0) is 18.6 Å². The van der Waals surface area contributed by atoms with Gasteiger partial charge in [-0.25, -0.2) is 4.98 Å². The van der Waals surface area contributed by atoms with Gasteiger partial charge in [0.15, 0.2) is 5.96 Å². The van der Waals surface area contributed by atoms with Crippen LogP contribution in [0.2, 0.25) is 5.02 Å². The Hall–Kier alpha value is -0.940. The van der Waals surface area contributed by atoms with Gasteiger partial charge in [-0.1, -0.05) is 29.8 Å². The molecule has 0 radical (unpaired) electrons. The monoisotopic (exact) mass is 549 g/mol. The number of aryl methyl sites for hydroxylation is 1. The van der Waals surface area contributed by atoms with Gasteiger partial charge in [-0.3, -0.25) is 9.89 Å². The van der Waals surface area contributed by atoms with Crippen LogP contribution in [-0.2, 0) is 11.3 Å². The fraction of sp³-hybridized carbons (Fsp3) is 0.500. The number of thiazole rings is 1. The molecule has 160 valence electrons. The summed E-state index contributed by atoms with van der Waals surface area (Å²) in [6, 6.07) is 8.23. The van der Waals surface area contributed by atoms with E-state index < -0.39 is 0 Å². The van der Waals surface area contributed by atoms with Gasteiger partial charge in [0, 0.05) is 44.1 Å². The van der Waals surface area contributed by atoms with Crippen LogP contribution in [0.1, 0.15) is 22.3 Å². The molecule has 1 aliphatic rings. The van der Waals surface area contributed by atoms with Gasteiger partial charge in [0.05, 0.1) is 36.5 Å². The first-order chi connectivity index (χ1) is 13.6. The van der Waals surface area contributed by atoms with Crippen LogP contribution in [0.15, 0.2) is 34.6 Å². The minimum absolute atomic E-state index is 0. The highest BCUT2D eigenvalue weighted by Crippen LogP contribution is 2.27. The maximum absolute atomic E-state index is 6.53. The van der Waals surface area contributed by atoms with E-state index in [1.54, 1.807) is 11.3 Å². The van der Waals surface area contributed by atoms with Crippen molar-refractivity contribution in [3.63, 3.8) is 0 Å². The SMILES string of the molecule is CN=C(NCC(c1ccccc1Cl)N1CCOCC1)N(C)Cc1csc(C)n1.I. The number of aromatic nitrogens is 1. The van der Waals surface area contributed by atoms with Gasteiger partial charge in [-0.2, -0.15) is 0 Å². The van der Waals surface area contributed by atoms with Gasteiger partial charge in [0.25, 0.3) is 0 Å². The van der Waals surface area contributed by atoms with Crippen LogP contribution in [0.5, 0.6) is 0 Å². The normalized spacial score (nSPS) is 16.2. The molecule has 1 aromatic carbocycles. The Labute approximate surface area is 199 Å². The fourth-order valence-electron chi connectivity index (χ4n) is 3.44. The van der Waals surface area contributed by atoms with Crippen LogP contribution in [0.3, 0.4) is 0 Å². The lowest BCUT2D eigenvalue weighted by molar-refractivity contribution is 0.0169. The topological polar surface area (TPSA) is 53.0 Å². The molecular weight excluding hydrogens is 521 g/mol. The molecule has 0 amide bonds. The fourth-order valence-corrected chi connectivity index (χ4v) is 4.31. The summed E-state index contributed by atoms with van der Waals surface area (Å²) in [6.07, 6.45) is 0. The quantitative estimate of drug-likeness (QED) is 0.338. The third-order valence-corrected chi connectivity index (χ3v) is 6.01. The summed E-state index contributed by atoms with van der Waals surface area (Å²) in [4.78, 5) is 13.5. The zero-order valence-corrected chi connectivity index (χ0v) is 21.0. The van der Waals surface area contributed by atoms with E-state index in [2.05, 4.69) is 36.5 Å². The zero-order chi connectivity index (χ0) is 19.9. The Bertz CT molecular complexity index is 797. The molecule has 1 N–H and O–H groups in total.